The lowest BCUT2D eigenvalue weighted by molar-refractivity contribution is -0.123. The highest BCUT2D eigenvalue weighted by atomic mass is 32.2. The number of nitrogens with zero attached hydrogens (tertiary/aromatic N) is 2. The van der Waals surface area contributed by atoms with Gasteiger partial charge in [-0.05, 0) is 42.0 Å². The van der Waals surface area contributed by atoms with Crippen molar-refractivity contribution in [2.75, 3.05) is 13.6 Å². The molecule has 2 aromatic rings. The van der Waals surface area contributed by atoms with Crippen molar-refractivity contribution in [2.24, 2.45) is 0 Å². The third kappa shape index (κ3) is 5.27. The highest BCUT2D eigenvalue weighted by Gasteiger charge is 2.28. The number of halogens is 3. The van der Waals surface area contributed by atoms with Gasteiger partial charge in [0.2, 0.25) is 10.0 Å². The third-order valence-electron chi connectivity index (χ3n) is 3.43. The molecule has 0 bridgehead atoms. The molecule has 1 heterocycles. The summed E-state index contributed by atoms with van der Waals surface area (Å²) in [7, 11) is -2.41. The molecule has 1 aromatic carbocycles. The molecule has 1 aromatic heterocycles. The Labute approximate surface area is 148 Å². The maximum absolute atomic E-state index is 12.5. The summed E-state index contributed by atoms with van der Waals surface area (Å²) in [5.41, 5.74) is 0.680. The summed E-state index contributed by atoms with van der Waals surface area (Å²) in [6, 6.07) is 8.06. The van der Waals surface area contributed by atoms with Gasteiger partial charge in [0.15, 0.2) is 0 Å². The van der Waals surface area contributed by atoms with Gasteiger partial charge in [0, 0.05) is 31.5 Å². The highest BCUT2D eigenvalue weighted by molar-refractivity contribution is 7.89. The van der Waals surface area contributed by atoms with Gasteiger partial charge in [-0.15, -0.1) is 0 Å². The van der Waals surface area contributed by atoms with Crippen LogP contribution in [0.5, 0.6) is 0 Å². The number of hydrogen-bond donors (Lipinski definition) is 1. The largest absolute Gasteiger partial charge is 0.405 e. The highest BCUT2D eigenvalue weighted by Crippen LogP contribution is 2.18. The van der Waals surface area contributed by atoms with Gasteiger partial charge >= 0.3 is 6.18 Å². The number of rotatable bonds is 6. The molecule has 0 aliphatic carbocycles. The van der Waals surface area contributed by atoms with Crippen molar-refractivity contribution in [3.05, 3.63) is 59.9 Å². The van der Waals surface area contributed by atoms with Crippen LogP contribution in [0.25, 0.3) is 0 Å². The number of carbonyl (C=O) groups excluding carboxylic acids is 1. The van der Waals surface area contributed by atoms with Crippen molar-refractivity contribution in [1.82, 2.24) is 14.6 Å². The van der Waals surface area contributed by atoms with Gasteiger partial charge in [-0.3, -0.25) is 9.78 Å². The number of amides is 1. The lowest BCUT2D eigenvalue weighted by Crippen LogP contribution is -2.33. The molecule has 10 heteroatoms. The van der Waals surface area contributed by atoms with Crippen molar-refractivity contribution in [2.45, 2.75) is 17.6 Å². The molecule has 0 aliphatic heterocycles. The van der Waals surface area contributed by atoms with Gasteiger partial charge in [-0.2, -0.15) is 17.5 Å². The predicted octanol–water partition coefficient (Wildman–Crippen LogP) is 2.19. The van der Waals surface area contributed by atoms with Gasteiger partial charge in [-0.25, -0.2) is 8.42 Å². The first-order valence-corrected chi connectivity index (χ1v) is 8.84. The Balaban J connectivity index is 2.09. The Morgan fingerprint density at radius 1 is 1.12 bits per heavy atom. The minimum atomic E-state index is -4.52. The van der Waals surface area contributed by atoms with E-state index in [1.54, 1.807) is 29.8 Å². The molecule has 0 saturated carbocycles. The third-order valence-corrected chi connectivity index (χ3v) is 5.25. The van der Waals surface area contributed by atoms with Gasteiger partial charge in [0.1, 0.15) is 6.54 Å². The Morgan fingerprint density at radius 3 is 2.23 bits per heavy atom. The van der Waals surface area contributed by atoms with Gasteiger partial charge in [0.05, 0.1) is 4.90 Å². The first-order chi connectivity index (χ1) is 12.1. The van der Waals surface area contributed by atoms with Crippen LogP contribution in [0.2, 0.25) is 0 Å². The van der Waals surface area contributed by atoms with Gasteiger partial charge in [-0.1, -0.05) is 0 Å². The molecule has 2 rings (SSSR count). The summed E-state index contributed by atoms with van der Waals surface area (Å²) in [5, 5.41) is 1.72. The Morgan fingerprint density at radius 2 is 1.69 bits per heavy atom. The maximum Gasteiger partial charge on any atom is 0.405 e. The number of aromatic nitrogens is 1. The van der Waals surface area contributed by atoms with E-state index >= 15 is 0 Å². The van der Waals surface area contributed by atoms with E-state index in [1.807, 2.05) is 0 Å². The molecule has 0 aliphatic rings. The van der Waals surface area contributed by atoms with Crippen LogP contribution in [0, 0.1) is 0 Å². The van der Waals surface area contributed by atoms with Crippen molar-refractivity contribution in [3.8, 4) is 0 Å². The van der Waals surface area contributed by atoms with Crippen molar-refractivity contribution in [3.63, 3.8) is 0 Å². The normalized spacial score (nSPS) is 12.2. The van der Waals surface area contributed by atoms with Crippen LogP contribution in [-0.2, 0) is 16.6 Å². The van der Waals surface area contributed by atoms with Crippen LogP contribution in [0.15, 0.2) is 53.7 Å². The molecule has 0 fully saturated rings. The molecular formula is C16H16F3N3O3S. The fourth-order valence-electron chi connectivity index (χ4n) is 2.07. The van der Waals surface area contributed by atoms with Crippen molar-refractivity contribution in [1.29, 1.82) is 0 Å². The topological polar surface area (TPSA) is 79.4 Å². The van der Waals surface area contributed by atoms with E-state index in [1.165, 1.54) is 31.3 Å². The second-order valence-corrected chi connectivity index (χ2v) is 7.48. The first-order valence-electron chi connectivity index (χ1n) is 7.40. The molecule has 26 heavy (non-hydrogen) atoms. The van der Waals surface area contributed by atoms with Crippen LogP contribution in [0.1, 0.15) is 15.9 Å². The van der Waals surface area contributed by atoms with Gasteiger partial charge in [0.25, 0.3) is 5.91 Å². The Kier molecular flexibility index (Phi) is 5.98. The Bertz CT molecular complexity index is 854. The number of hydrogen-bond acceptors (Lipinski definition) is 4. The lowest BCUT2D eigenvalue weighted by atomic mass is 10.2. The van der Waals surface area contributed by atoms with Crippen LogP contribution in [0.4, 0.5) is 13.2 Å². The van der Waals surface area contributed by atoms with E-state index in [2.05, 4.69) is 4.98 Å². The maximum atomic E-state index is 12.5. The number of pyridine rings is 1. The van der Waals surface area contributed by atoms with E-state index in [9.17, 15) is 26.4 Å². The van der Waals surface area contributed by atoms with Crippen LogP contribution in [0.3, 0.4) is 0 Å². The molecular weight excluding hydrogens is 371 g/mol. The van der Waals surface area contributed by atoms with E-state index < -0.39 is 28.7 Å². The fourth-order valence-corrected chi connectivity index (χ4v) is 3.23. The minimum absolute atomic E-state index is 0.0648. The van der Waals surface area contributed by atoms with Crippen molar-refractivity contribution < 1.29 is 26.4 Å². The van der Waals surface area contributed by atoms with Crippen LogP contribution in [-0.4, -0.2) is 43.4 Å². The standard InChI is InChI=1S/C16H16F3N3O3S/c1-22(10-12-6-8-20-9-7-12)26(24,25)14-4-2-13(3-5-14)15(23)21-11-16(17,18)19/h2-9H,10-11H2,1H3,(H,21,23). The molecule has 1 N–H and O–H groups in total. The summed E-state index contributed by atoms with van der Waals surface area (Å²) < 4.78 is 62.5. The number of carbonyl (C=O) groups is 1. The molecule has 1 amide bonds. The SMILES string of the molecule is CN(Cc1ccncc1)S(=O)(=O)c1ccc(C(=O)NCC(F)(F)F)cc1. The summed E-state index contributed by atoms with van der Waals surface area (Å²) in [6.07, 6.45) is -1.43. The van der Waals surface area contributed by atoms with E-state index in [0.29, 0.717) is 0 Å². The zero-order valence-electron chi connectivity index (χ0n) is 13.7. The second-order valence-electron chi connectivity index (χ2n) is 5.44. The summed E-state index contributed by atoms with van der Waals surface area (Å²) >= 11 is 0. The van der Waals surface area contributed by atoms with Crippen LogP contribution < -0.4 is 5.32 Å². The molecule has 0 saturated heterocycles. The number of nitrogens with one attached hydrogen (secondary N) is 1. The monoisotopic (exact) mass is 387 g/mol. The molecule has 0 spiro atoms. The zero-order chi connectivity index (χ0) is 19.4. The molecule has 0 atom stereocenters. The summed E-state index contributed by atoms with van der Waals surface area (Å²) in [4.78, 5) is 15.4. The average molecular weight is 387 g/mol. The van der Waals surface area contributed by atoms with E-state index in [4.69, 9.17) is 0 Å². The van der Waals surface area contributed by atoms with E-state index in [0.717, 1.165) is 9.87 Å². The quantitative estimate of drug-likeness (QED) is 0.824. The minimum Gasteiger partial charge on any atom is -0.343 e. The predicted molar refractivity (Wildman–Crippen MR) is 87.7 cm³/mol. The first kappa shape index (κ1) is 19.9. The summed E-state index contributed by atoms with van der Waals surface area (Å²) in [6.45, 7) is -1.33. The van der Waals surface area contributed by atoms with Crippen molar-refractivity contribution >= 4 is 15.9 Å². The van der Waals surface area contributed by atoms with Gasteiger partial charge < -0.3 is 5.32 Å². The fraction of sp³-hybridized carbons (Fsp3) is 0.250. The molecule has 6 nitrogen and oxygen atoms in total. The molecule has 0 unspecified atom stereocenters. The zero-order valence-corrected chi connectivity index (χ0v) is 14.5. The number of benzene rings is 1. The average Bonchev–Trinajstić information content (AvgIpc) is 2.60. The Hall–Kier alpha value is -2.46. The van der Waals surface area contributed by atoms with Crippen LogP contribution >= 0.6 is 0 Å². The summed E-state index contributed by atoms with van der Waals surface area (Å²) in [5.74, 6) is -0.934. The van der Waals surface area contributed by atoms with E-state index in [-0.39, 0.29) is 17.0 Å². The second kappa shape index (κ2) is 7.83. The smallest absolute Gasteiger partial charge is 0.343 e. The number of alkyl halides is 3. The molecule has 140 valence electrons. The number of sulfonamides is 1. The lowest BCUT2D eigenvalue weighted by Gasteiger charge is -2.17. The molecule has 0 radical (unpaired) electrons.